The lowest BCUT2D eigenvalue weighted by molar-refractivity contribution is 0.371. The first-order chi connectivity index (χ1) is 5.95. The Morgan fingerprint density at radius 1 is 1.31 bits per heavy atom. The van der Waals surface area contributed by atoms with Crippen LogP contribution in [-0.4, -0.2) is 25.9 Å². The molecule has 0 heterocycles. The highest BCUT2D eigenvalue weighted by Gasteiger charge is 2.32. The van der Waals surface area contributed by atoms with Crippen molar-refractivity contribution in [1.29, 1.82) is 5.26 Å². The van der Waals surface area contributed by atoms with Gasteiger partial charge in [-0.3, -0.25) is 0 Å². The van der Waals surface area contributed by atoms with Gasteiger partial charge >= 0.3 is 0 Å². The van der Waals surface area contributed by atoms with E-state index in [1.165, 1.54) is 6.42 Å². The molecule has 0 aromatic carbocycles. The predicted octanol–water partition coefficient (Wildman–Crippen LogP) is 2.45. The van der Waals surface area contributed by atoms with E-state index in [0.29, 0.717) is 12.0 Å². The summed E-state index contributed by atoms with van der Waals surface area (Å²) in [5, 5.41) is 8.81. The van der Waals surface area contributed by atoms with E-state index in [2.05, 4.69) is 37.3 Å². The highest BCUT2D eigenvalue weighted by atomic mass is 28.3. The molecule has 0 amide bonds. The first kappa shape index (κ1) is 10.7. The smallest absolute Gasteiger partial charge is 0.119 e. The van der Waals surface area contributed by atoms with Crippen LogP contribution in [-0.2, 0) is 0 Å². The van der Waals surface area contributed by atoms with Gasteiger partial charge in [0, 0.05) is 12.0 Å². The van der Waals surface area contributed by atoms with E-state index >= 15 is 0 Å². The minimum atomic E-state index is -1.14. The monoisotopic (exact) mass is 196 g/mol. The summed E-state index contributed by atoms with van der Waals surface area (Å²) in [6, 6.07) is 3.07. The Bertz CT molecular complexity index is 214. The second-order valence-electron chi connectivity index (χ2n) is 5.07. The molecule has 0 saturated heterocycles. The molecule has 0 bridgehead atoms. The predicted molar refractivity (Wildman–Crippen MR) is 57.9 cm³/mol. The number of hydrogen-bond acceptors (Lipinski definition) is 2. The third kappa shape index (κ3) is 2.55. The number of rotatable bonds is 2. The maximum absolute atomic E-state index is 8.81. The van der Waals surface area contributed by atoms with E-state index < -0.39 is 8.24 Å². The highest BCUT2D eigenvalue weighted by molar-refractivity contribution is 6.73. The molecule has 0 spiro atoms. The van der Waals surface area contributed by atoms with Crippen LogP contribution in [0.1, 0.15) is 19.3 Å². The Morgan fingerprint density at radius 3 is 2.31 bits per heavy atom. The quantitative estimate of drug-likeness (QED) is 0.634. The van der Waals surface area contributed by atoms with E-state index in [1.54, 1.807) is 0 Å². The molecule has 13 heavy (non-hydrogen) atoms. The largest absolute Gasteiger partial charge is 0.324 e. The zero-order chi connectivity index (χ0) is 10.1. The van der Waals surface area contributed by atoms with Crippen molar-refractivity contribution in [2.45, 2.75) is 44.9 Å². The second-order valence-corrected chi connectivity index (χ2v) is 10.1. The first-order valence-electron chi connectivity index (χ1n) is 5.07. The highest BCUT2D eigenvalue weighted by Crippen LogP contribution is 2.30. The van der Waals surface area contributed by atoms with Gasteiger partial charge in [-0.2, -0.15) is 5.26 Å². The molecule has 1 saturated carbocycles. The fourth-order valence-corrected chi connectivity index (χ4v) is 3.30. The molecule has 0 radical (unpaired) electrons. The molecule has 0 aromatic heterocycles. The molecule has 0 aromatic rings. The van der Waals surface area contributed by atoms with Crippen LogP contribution < -0.4 is 0 Å². The lowest BCUT2D eigenvalue weighted by Gasteiger charge is -2.35. The molecular weight excluding hydrogens is 176 g/mol. The van der Waals surface area contributed by atoms with Gasteiger partial charge in [-0.1, -0.05) is 19.6 Å². The summed E-state index contributed by atoms with van der Waals surface area (Å²) in [4.78, 5) is 0. The van der Waals surface area contributed by atoms with Crippen molar-refractivity contribution in [3.05, 3.63) is 0 Å². The molecule has 2 unspecified atom stereocenters. The van der Waals surface area contributed by atoms with E-state index in [0.717, 1.165) is 12.8 Å². The Hall–Kier alpha value is -0.333. The molecule has 2 nitrogen and oxygen atoms in total. The fourth-order valence-electron chi connectivity index (χ4n) is 1.97. The molecular formula is C10H20N2Si. The molecule has 1 aliphatic carbocycles. The lowest BCUT2D eigenvalue weighted by atomic mass is 10.1. The summed E-state index contributed by atoms with van der Waals surface area (Å²) in [5.41, 5.74) is 0. The van der Waals surface area contributed by atoms with Crippen LogP contribution in [0.25, 0.3) is 0 Å². The first-order valence-corrected chi connectivity index (χ1v) is 8.52. The second kappa shape index (κ2) is 3.81. The van der Waals surface area contributed by atoms with Gasteiger partial charge in [0.05, 0.1) is 6.07 Å². The van der Waals surface area contributed by atoms with Crippen molar-refractivity contribution in [3.63, 3.8) is 0 Å². The molecule has 0 N–H and O–H groups in total. The van der Waals surface area contributed by atoms with Crippen molar-refractivity contribution in [3.8, 4) is 6.07 Å². The number of nitriles is 1. The van der Waals surface area contributed by atoms with Gasteiger partial charge in [-0.05, 0) is 26.3 Å². The third-order valence-corrected chi connectivity index (χ3v) is 5.67. The van der Waals surface area contributed by atoms with Crippen molar-refractivity contribution >= 4 is 8.24 Å². The Kier molecular flexibility index (Phi) is 3.15. The van der Waals surface area contributed by atoms with Gasteiger partial charge in [0.25, 0.3) is 0 Å². The van der Waals surface area contributed by atoms with E-state index in [4.69, 9.17) is 5.26 Å². The summed E-state index contributed by atoms with van der Waals surface area (Å²) < 4.78 is 2.55. The fraction of sp³-hybridized carbons (Fsp3) is 0.900. The van der Waals surface area contributed by atoms with E-state index in [9.17, 15) is 0 Å². The van der Waals surface area contributed by atoms with Gasteiger partial charge in [0.2, 0.25) is 0 Å². The maximum atomic E-state index is 8.81. The molecule has 74 valence electrons. The molecule has 2 atom stereocenters. The Labute approximate surface area is 82.6 Å². The normalized spacial score (nSPS) is 29.2. The number of nitrogens with zero attached hydrogens (tertiary/aromatic N) is 2. The molecule has 1 rings (SSSR count). The Balaban J connectivity index is 2.52. The zero-order valence-electron chi connectivity index (χ0n) is 9.17. The van der Waals surface area contributed by atoms with Crippen LogP contribution in [0.15, 0.2) is 0 Å². The summed E-state index contributed by atoms with van der Waals surface area (Å²) in [6.07, 6.45) is 3.42. The van der Waals surface area contributed by atoms with Crippen molar-refractivity contribution in [2.24, 2.45) is 5.92 Å². The average Bonchev–Trinajstić information content (AvgIpc) is 2.48. The minimum absolute atomic E-state index is 0.323. The van der Waals surface area contributed by atoms with Gasteiger partial charge in [-0.25, -0.2) is 0 Å². The Morgan fingerprint density at radius 2 is 1.92 bits per heavy atom. The van der Waals surface area contributed by atoms with Gasteiger partial charge < -0.3 is 4.57 Å². The van der Waals surface area contributed by atoms with Crippen LogP contribution in [0.5, 0.6) is 0 Å². The SMILES string of the molecule is CN(C1CCC(C#N)C1)[Si](C)(C)C. The molecule has 1 aliphatic rings. The topological polar surface area (TPSA) is 27.0 Å². The summed E-state index contributed by atoms with van der Waals surface area (Å²) in [5.74, 6) is 0.323. The van der Waals surface area contributed by atoms with Crippen molar-refractivity contribution < 1.29 is 0 Å². The average molecular weight is 196 g/mol. The summed E-state index contributed by atoms with van der Waals surface area (Å²) in [7, 11) is 1.09. The van der Waals surface area contributed by atoms with E-state index in [1.807, 2.05) is 0 Å². The standard InChI is InChI=1S/C10H20N2Si/c1-12(13(2,3)4)10-6-5-9(7-10)8-11/h9-10H,5-7H2,1-4H3. The minimum Gasteiger partial charge on any atom is -0.324 e. The molecule has 1 fully saturated rings. The zero-order valence-corrected chi connectivity index (χ0v) is 10.2. The summed E-state index contributed by atoms with van der Waals surface area (Å²) >= 11 is 0. The number of hydrogen-bond donors (Lipinski definition) is 0. The van der Waals surface area contributed by atoms with Crippen LogP contribution in [0.3, 0.4) is 0 Å². The van der Waals surface area contributed by atoms with Crippen molar-refractivity contribution in [1.82, 2.24) is 4.57 Å². The maximum Gasteiger partial charge on any atom is 0.119 e. The van der Waals surface area contributed by atoms with Gasteiger partial charge in [-0.15, -0.1) is 0 Å². The van der Waals surface area contributed by atoms with Crippen LogP contribution >= 0.6 is 0 Å². The van der Waals surface area contributed by atoms with Crippen LogP contribution in [0.4, 0.5) is 0 Å². The molecule has 3 heteroatoms. The van der Waals surface area contributed by atoms with Crippen molar-refractivity contribution in [2.75, 3.05) is 7.05 Å². The van der Waals surface area contributed by atoms with Gasteiger partial charge in [0.1, 0.15) is 8.24 Å². The van der Waals surface area contributed by atoms with Crippen LogP contribution in [0, 0.1) is 17.2 Å². The summed E-state index contributed by atoms with van der Waals surface area (Å²) in [6.45, 7) is 7.10. The van der Waals surface area contributed by atoms with Crippen LogP contribution in [0.2, 0.25) is 19.6 Å². The third-order valence-electron chi connectivity index (χ3n) is 3.19. The van der Waals surface area contributed by atoms with Gasteiger partial charge in [0.15, 0.2) is 0 Å². The van der Waals surface area contributed by atoms with E-state index in [-0.39, 0.29) is 0 Å². The molecule has 0 aliphatic heterocycles. The lowest BCUT2D eigenvalue weighted by Crippen LogP contribution is -2.48.